The van der Waals surface area contributed by atoms with E-state index in [2.05, 4.69) is 5.10 Å². The SMILES string of the molecule is Cc1ccc(S(=O)(=O)N2CCN(C(=O)c3ccn4nccc4c3)CC2)cc1. The maximum Gasteiger partial charge on any atom is 0.254 e. The number of aromatic nitrogens is 2. The lowest BCUT2D eigenvalue weighted by Gasteiger charge is -2.34. The first-order valence-electron chi connectivity index (χ1n) is 8.75. The number of piperazine rings is 1. The Hall–Kier alpha value is -2.71. The lowest BCUT2D eigenvalue weighted by atomic mass is 10.2. The molecule has 3 heterocycles. The number of hydrogen-bond donors (Lipinski definition) is 0. The third-order valence-corrected chi connectivity index (χ3v) is 6.74. The fourth-order valence-electron chi connectivity index (χ4n) is 3.23. The van der Waals surface area contributed by atoms with E-state index in [4.69, 9.17) is 0 Å². The second kappa shape index (κ2) is 6.79. The number of hydrogen-bond acceptors (Lipinski definition) is 4. The zero-order valence-corrected chi connectivity index (χ0v) is 15.8. The molecular weight excluding hydrogens is 364 g/mol. The number of carbonyl (C=O) groups excluding carboxylic acids is 1. The summed E-state index contributed by atoms with van der Waals surface area (Å²) in [6, 6.07) is 12.2. The van der Waals surface area contributed by atoms with Crippen LogP contribution >= 0.6 is 0 Å². The predicted octanol–water partition coefficient (Wildman–Crippen LogP) is 1.79. The molecule has 4 rings (SSSR count). The number of pyridine rings is 1. The van der Waals surface area contributed by atoms with Gasteiger partial charge in [-0.1, -0.05) is 17.7 Å². The summed E-state index contributed by atoms with van der Waals surface area (Å²) in [6.07, 6.45) is 3.43. The molecule has 2 aromatic heterocycles. The van der Waals surface area contributed by atoms with Crippen molar-refractivity contribution in [2.45, 2.75) is 11.8 Å². The van der Waals surface area contributed by atoms with Crippen LogP contribution in [0, 0.1) is 6.92 Å². The van der Waals surface area contributed by atoms with Gasteiger partial charge in [0.1, 0.15) is 0 Å². The van der Waals surface area contributed by atoms with Gasteiger partial charge >= 0.3 is 0 Å². The highest BCUT2D eigenvalue weighted by Crippen LogP contribution is 2.19. The van der Waals surface area contributed by atoms with Crippen LogP contribution in [0.3, 0.4) is 0 Å². The van der Waals surface area contributed by atoms with Crippen LogP contribution in [-0.2, 0) is 10.0 Å². The average molecular weight is 384 g/mol. The lowest BCUT2D eigenvalue weighted by Crippen LogP contribution is -2.50. The number of rotatable bonds is 3. The number of aryl methyl sites for hydroxylation is 1. The predicted molar refractivity (Wildman–Crippen MR) is 101 cm³/mol. The van der Waals surface area contributed by atoms with Crippen LogP contribution in [0.4, 0.5) is 0 Å². The monoisotopic (exact) mass is 384 g/mol. The highest BCUT2D eigenvalue weighted by Gasteiger charge is 2.30. The van der Waals surface area contributed by atoms with Crippen molar-refractivity contribution in [3.05, 3.63) is 66.0 Å². The van der Waals surface area contributed by atoms with Crippen molar-refractivity contribution in [1.29, 1.82) is 0 Å². The van der Waals surface area contributed by atoms with E-state index in [0.717, 1.165) is 11.1 Å². The summed E-state index contributed by atoms with van der Waals surface area (Å²) in [7, 11) is -3.53. The zero-order valence-electron chi connectivity index (χ0n) is 14.9. The third-order valence-electron chi connectivity index (χ3n) is 4.83. The van der Waals surface area contributed by atoms with E-state index in [1.54, 1.807) is 58.2 Å². The fourth-order valence-corrected chi connectivity index (χ4v) is 4.65. The number of nitrogens with zero attached hydrogens (tertiary/aromatic N) is 4. The Labute approximate surface area is 157 Å². The molecular formula is C19H20N4O3S. The van der Waals surface area contributed by atoms with Crippen molar-refractivity contribution in [2.75, 3.05) is 26.2 Å². The van der Waals surface area contributed by atoms with Gasteiger partial charge in [0.2, 0.25) is 10.0 Å². The standard InChI is InChI=1S/C19H20N4O3S/c1-15-2-4-18(5-3-15)27(25,26)22-12-10-21(11-13-22)19(24)16-7-9-23-17(14-16)6-8-20-23/h2-9,14H,10-13H2,1H3. The van der Waals surface area contributed by atoms with Gasteiger partial charge in [-0.25, -0.2) is 12.9 Å². The second-order valence-electron chi connectivity index (χ2n) is 6.63. The molecule has 1 saturated heterocycles. The van der Waals surface area contributed by atoms with Crippen molar-refractivity contribution in [1.82, 2.24) is 18.8 Å². The summed E-state index contributed by atoms with van der Waals surface area (Å²) >= 11 is 0. The summed E-state index contributed by atoms with van der Waals surface area (Å²) < 4.78 is 28.7. The molecule has 0 spiro atoms. The Morgan fingerprint density at radius 3 is 2.41 bits per heavy atom. The topological polar surface area (TPSA) is 75.0 Å². The first kappa shape index (κ1) is 17.7. The molecule has 27 heavy (non-hydrogen) atoms. The Morgan fingerprint density at radius 1 is 1.00 bits per heavy atom. The average Bonchev–Trinajstić information content (AvgIpc) is 3.15. The van der Waals surface area contributed by atoms with Gasteiger partial charge in [0.25, 0.3) is 5.91 Å². The van der Waals surface area contributed by atoms with Crippen LogP contribution in [-0.4, -0.2) is 59.3 Å². The van der Waals surface area contributed by atoms with Gasteiger partial charge in [-0.2, -0.15) is 9.40 Å². The maximum absolute atomic E-state index is 12.8. The van der Waals surface area contributed by atoms with Crippen molar-refractivity contribution in [3.63, 3.8) is 0 Å². The van der Waals surface area contributed by atoms with Gasteiger partial charge in [-0.05, 0) is 37.3 Å². The number of sulfonamides is 1. The van der Waals surface area contributed by atoms with Crippen LogP contribution in [0.1, 0.15) is 15.9 Å². The van der Waals surface area contributed by atoms with Crippen LogP contribution in [0.5, 0.6) is 0 Å². The second-order valence-corrected chi connectivity index (χ2v) is 8.56. The molecule has 0 bridgehead atoms. The number of fused-ring (bicyclic) bond motifs is 1. The van der Waals surface area contributed by atoms with Crippen LogP contribution in [0.15, 0.2) is 59.8 Å². The molecule has 0 radical (unpaired) electrons. The van der Waals surface area contributed by atoms with Gasteiger partial charge in [0.15, 0.2) is 0 Å². The summed E-state index contributed by atoms with van der Waals surface area (Å²) in [5, 5.41) is 4.12. The molecule has 0 saturated carbocycles. The largest absolute Gasteiger partial charge is 0.336 e. The normalized spacial score (nSPS) is 16.0. The van der Waals surface area contributed by atoms with Crippen LogP contribution in [0.2, 0.25) is 0 Å². The van der Waals surface area contributed by atoms with E-state index in [-0.39, 0.29) is 19.0 Å². The van der Waals surface area contributed by atoms with Gasteiger partial charge in [-0.15, -0.1) is 0 Å². The molecule has 1 amide bonds. The minimum absolute atomic E-state index is 0.0916. The molecule has 0 unspecified atom stereocenters. The molecule has 0 atom stereocenters. The van der Waals surface area contributed by atoms with E-state index < -0.39 is 10.0 Å². The molecule has 0 aliphatic carbocycles. The number of amides is 1. The summed E-state index contributed by atoms with van der Waals surface area (Å²) in [5.41, 5.74) is 2.44. The Bertz CT molecular complexity index is 1080. The van der Waals surface area contributed by atoms with E-state index in [1.165, 1.54) is 4.31 Å². The van der Waals surface area contributed by atoms with E-state index >= 15 is 0 Å². The Morgan fingerprint density at radius 2 is 1.70 bits per heavy atom. The number of carbonyl (C=O) groups is 1. The van der Waals surface area contributed by atoms with Crippen molar-refractivity contribution < 1.29 is 13.2 Å². The molecule has 7 nitrogen and oxygen atoms in total. The van der Waals surface area contributed by atoms with Gasteiger partial charge in [0, 0.05) is 44.1 Å². The highest BCUT2D eigenvalue weighted by molar-refractivity contribution is 7.89. The van der Waals surface area contributed by atoms with E-state index in [9.17, 15) is 13.2 Å². The van der Waals surface area contributed by atoms with Crippen molar-refractivity contribution >= 4 is 21.4 Å². The molecule has 140 valence electrons. The minimum Gasteiger partial charge on any atom is -0.336 e. The van der Waals surface area contributed by atoms with E-state index in [1.807, 2.05) is 13.0 Å². The molecule has 3 aromatic rings. The Balaban J connectivity index is 1.46. The Kier molecular flexibility index (Phi) is 4.45. The number of benzene rings is 1. The van der Waals surface area contributed by atoms with Crippen molar-refractivity contribution in [2.24, 2.45) is 0 Å². The summed E-state index contributed by atoms with van der Waals surface area (Å²) in [6.45, 7) is 3.23. The summed E-state index contributed by atoms with van der Waals surface area (Å²) in [4.78, 5) is 14.7. The molecule has 1 fully saturated rings. The fraction of sp³-hybridized carbons (Fsp3) is 0.263. The third kappa shape index (κ3) is 3.33. The first-order chi connectivity index (χ1) is 12.9. The minimum atomic E-state index is -3.53. The first-order valence-corrected chi connectivity index (χ1v) is 10.2. The smallest absolute Gasteiger partial charge is 0.254 e. The summed E-state index contributed by atoms with van der Waals surface area (Å²) in [5.74, 6) is -0.0916. The maximum atomic E-state index is 12.8. The molecule has 1 aliphatic rings. The lowest BCUT2D eigenvalue weighted by molar-refractivity contribution is 0.0698. The quantitative estimate of drug-likeness (QED) is 0.690. The highest BCUT2D eigenvalue weighted by atomic mass is 32.2. The van der Waals surface area contributed by atoms with Gasteiger partial charge in [-0.3, -0.25) is 4.79 Å². The molecule has 0 N–H and O–H groups in total. The van der Waals surface area contributed by atoms with Gasteiger partial charge in [0.05, 0.1) is 10.4 Å². The van der Waals surface area contributed by atoms with Gasteiger partial charge < -0.3 is 4.90 Å². The zero-order chi connectivity index (χ0) is 19.0. The molecule has 1 aliphatic heterocycles. The molecule has 8 heteroatoms. The van der Waals surface area contributed by atoms with E-state index in [0.29, 0.717) is 23.5 Å². The molecule has 1 aromatic carbocycles. The van der Waals surface area contributed by atoms with Crippen LogP contribution < -0.4 is 0 Å². The van der Waals surface area contributed by atoms with Crippen molar-refractivity contribution in [3.8, 4) is 0 Å². The van der Waals surface area contributed by atoms with Crippen LogP contribution in [0.25, 0.3) is 5.52 Å².